The number of hydrogen-bond acceptors (Lipinski definition) is 8. The van der Waals surface area contributed by atoms with E-state index in [1.807, 2.05) is 6.08 Å². The summed E-state index contributed by atoms with van der Waals surface area (Å²) >= 11 is 0. The Morgan fingerprint density at radius 2 is 1.27 bits per heavy atom. The van der Waals surface area contributed by atoms with Gasteiger partial charge in [-0.3, -0.25) is 4.79 Å². The summed E-state index contributed by atoms with van der Waals surface area (Å²) in [6.07, 6.45) is 23.4. The predicted octanol–water partition coefficient (Wildman–Crippen LogP) is 5.38. The highest BCUT2D eigenvalue weighted by Gasteiger charge is 2.44. The van der Waals surface area contributed by atoms with E-state index in [4.69, 9.17) is 9.47 Å². The number of allylic oxidation sites excluding steroid dienone is 5. The Hall–Kier alpha value is -1.59. The van der Waals surface area contributed by atoms with Crippen LogP contribution in [0.4, 0.5) is 0 Å². The lowest BCUT2D eigenvalue weighted by molar-refractivity contribution is -0.302. The molecule has 7 unspecified atom stereocenters. The van der Waals surface area contributed by atoms with E-state index in [0.29, 0.717) is 6.42 Å². The van der Waals surface area contributed by atoms with E-state index in [9.17, 15) is 30.3 Å². The fourth-order valence-corrected chi connectivity index (χ4v) is 5.22. The lowest BCUT2D eigenvalue weighted by atomic mass is 9.99. The van der Waals surface area contributed by atoms with Crippen molar-refractivity contribution < 1.29 is 39.8 Å². The van der Waals surface area contributed by atoms with Gasteiger partial charge in [0.05, 0.1) is 25.4 Å². The van der Waals surface area contributed by atoms with Crippen molar-refractivity contribution in [2.75, 3.05) is 13.2 Å². The summed E-state index contributed by atoms with van der Waals surface area (Å²) in [5.41, 5.74) is 0. The SMILES string of the molecule is CCCCC/C=C\CCCCCCCC(=O)NC(COC1OC(CO)C(O)C(O)C1O)C(O)/C=C/CC/C=C/CCCCCC. The molecule has 1 rings (SSSR count). The van der Waals surface area contributed by atoms with E-state index in [-0.39, 0.29) is 12.5 Å². The van der Waals surface area contributed by atoms with Crippen molar-refractivity contribution in [3.63, 3.8) is 0 Å². The maximum Gasteiger partial charge on any atom is 0.220 e. The first-order chi connectivity index (χ1) is 21.8. The smallest absolute Gasteiger partial charge is 0.220 e. The van der Waals surface area contributed by atoms with Crippen LogP contribution in [0, 0.1) is 0 Å². The topological polar surface area (TPSA) is 149 Å². The van der Waals surface area contributed by atoms with Crippen molar-refractivity contribution in [1.29, 1.82) is 0 Å². The monoisotopic (exact) mass is 639 g/mol. The molecule has 1 aliphatic rings. The molecule has 262 valence electrons. The minimum Gasteiger partial charge on any atom is -0.394 e. The van der Waals surface area contributed by atoms with Gasteiger partial charge in [0, 0.05) is 6.42 Å². The summed E-state index contributed by atoms with van der Waals surface area (Å²) in [5.74, 6) is -0.203. The largest absolute Gasteiger partial charge is 0.394 e. The zero-order valence-corrected chi connectivity index (χ0v) is 28.1. The van der Waals surface area contributed by atoms with Crippen LogP contribution in [0.5, 0.6) is 0 Å². The summed E-state index contributed by atoms with van der Waals surface area (Å²) in [4.78, 5) is 12.8. The third-order valence-electron chi connectivity index (χ3n) is 8.19. The third-order valence-corrected chi connectivity index (χ3v) is 8.19. The van der Waals surface area contributed by atoms with Gasteiger partial charge in [0.25, 0.3) is 0 Å². The molecule has 1 aliphatic heterocycles. The standard InChI is InChI=1S/C36H65NO8/c1-3-5-7-9-11-13-15-16-18-20-22-24-26-32(40)37-29(28-44-36-35(43)34(42)33(41)31(27-38)45-36)30(39)25-23-21-19-17-14-12-10-8-6-4-2/h11,13-14,17,23,25,29-31,33-36,38-39,41-43H,3-10,12,15-16,18-22,24,26-28H2,1-2H3,(H,37,40)/b13-11-,17-14+,25-23+. The summed E-state index contributed by atoms with van der Waals surface area (Å²) in [6.45, 7) is 3.64. The Kier molecular flexibility index (Phi) is 25.3. The average Bonchev–Trinajstić information content (AvgIpc) is 3.04. The number of unbranched alkanes of at least 4 members (excludes halogenated alkanes) is 13. The van der Waals surface area contributed by atoms with Gasteiger partial charge in [0.15, 0.2) is 6.29 Å². The first kappa shape index (κ1) is 41.4. The molecule has 0 spiro atoms. The maximum absolute atomic E-state index is 12.8. The number of carbonyl (C=O) groups excluding carboxylic acids is 1. The summed E-state index contributed by atoms with van der Waals surface area (Å²) in [6, 6.07) is -0.820. The zero-order chi connectivity index (χ0) is 33.1. The molecular weight excluding hydrogens is 574 g/mol. The normalized spacial score (nSPS) is 23.8. The van der Waals surface area contributed by atoms with Crippen LogP contribution in [-0.4, -0.2) is 87.5 Å². The van der Waals surface area contributed by atoms with Gasteiger partial charge >= 0.3 is 0 Å². The fraction of sp³-hybridized carbons (Fsp3) is 0.806. The molecule has 0 aliphatic carbocycles. The van der Waals surface area contributed by atoms with Gasteiger partial charge in [0.1, 0.15) is 24.4 Å². The van der Waals surface area contributed by atoms with Crippen LogP contribution in [0.25, 0.3) is 0 Å². The number of ether oxygens (including phenoxy) is 2. The molecule has 9 heteroatoms. The van der Waals surface area contributed by atoms with Crippen LogP contribution in [0.1, 0.15) is 129 Å². The first-order valence-corrected chi connectivity index (χ1v) is 17.7. The van der Waals surface area contributed by atoms with Crippen LogP contribution >= 0.6 is 0 Å². The average molecular weight is 640 g/mol. The number of hydrogen-bond donors (Lipinski definition) is 6. The van der Waals surface area contributed by atoms with Crippen molar-refractivity contribution in [1.82, 2.24) is 5.32 Å². The van der Waals surface area contributed by atoms with Crippen LogP contribution in [-0.2, 0) is 14.3 Å². The minimum atomic E-state index is -1.57. The number of nitrogens with one attached hydrogen (secondary N) is 1. The number of amides is 1. The van der Waals surface area contributed by atoms with Gasteiger partial charge < -0.3 is 40.3 Å². The van der Waals surface area contributed by atoms with E-state index in [1.165, 1.54) is 51.4 Å². The zero-order valence-electron chi connectivity index (χ0n) is 28.1. The molecule has 1 amide bonds. The number of rotatable bonds is 27. The molecule has 0 aromatic heterocycles. The van der Waals surface area contributed by atoms with E-state index >= 15 is 0 Å². The molecule has 7 atom stereocenters. The molecule has 0 aromatic rings. The summed E-state index contributed by atoms with van der Waals surface area (Å²) < 4.78 is 11.1. The fourth-order valence-electron chi connectivity index (χ4n) is 5.22. The van der Waals surface area contributed by atoms with E-state index < -0.39 is 49.5 Å². The maximum atomic E-state index is 12.8. The quantitative estimate of drug-likeness (QED) is 0.0519. The third kappa shape index (κ3) is 19.6. The Morgan fingerprint density at radius 3 is 1.91 bits per heavy atom. The van der Waals surface area contributed by atoms with E-state index in [1.54, 1.807) is 6.08 Å². The lowest BCUT2D eigenvalue weighted by Crippen LogP contribution is -2.60. The molecule has 0 saturated carbocycles. The van der Waals surface area contributed by atoms with Gasteiger partial charge in [-0.1, -0.05) is 102 Å². The second-order valence-corrected chi connectivity index (χ2v) is 12.3. The Balaban J connectivity index is 2.54. The van der Waals surface area contributed by atoms with Crippen LogP contribution < -0.4 is 5.32 Å². The Labute approximate surface area is 272 Å². The second kappa shape index (κ2) is 27.5. The Bertz CT molecular complexity index is 802. The molecular formula is C36H65NO8. The molecule has 45 heavy (non-hydrogen) atoms. The van der Waals surface area contributed by atoms with Crippen molar-refractivity contribution >= 4 is 5.91 Å². The molecule has 0 aromatic carbocycles. The second-order valence-electron chi connectivity index (χ2n) is 12.3. The summed E-state index contributed by atoms with van der Waals surface area (Å²) in [7, 11) is 0. The van der Waals surface area contributed by atoms with Crippen LogP contribution in [0.15, 0.2) is 36.5 Å². The number of aliphatic hydroxyl groups is 5. The number of carbonyl (C=O) groups is 1. The number of aliphatic hydroxyl groups excluding tert-OH is 5. The van der Waals surface area contributed by atoms with Crippen LogP contribution in [0.2, 0.25) is 0 Å². The van der Waals surface area contributed by atoms with Gasteiger partial charge in [-0.25, -0.2) is 0 Å². The van der Waals surface area contributed by atoms with Crippen molar-refractivity contribution in [2.24, 2.45) is 0 Å². The lowest BCUT2D eigenvalue weighted by Gasteiger charge is -2.40. The predicted molar refractivity (Wildman–Crippen MR) is 180 cm³/mol. The molecule has 0 bridgehead atoms. The molecule has 9 nitrogen and oxygen atoms in total. The summed E-state index contributed by atoms with van der Waals surface area (Å²) in [5, 5.41) is 53.6. The highest BCUT2D eigenvalue weighted by Crippen LogP contribution is 2.22. The van der Waals surface area contributed by atoms with Crippen molar-refractivity contribution in [2.45, 2.75) is 172 Å². The minimum absolute atomic E-state index is 0.203. The molecule has 1 fully saturated rings. The van der Waals surface area contributed by atoms with E-state index in [2.05, 4.69) is 43.5 Å². The van der Waals surface area contributed by atoms with Crippen LogP contribution in [0.3, 0.4) is 0 Å². The van der Waals surface area contributed by atoms with Gasteiger partial charge in [-0.05, 0) is 57.8 Å². The molecule has 1 saturated heterocycles. The molecule has 6 N–H and O–H groups in total. The first-order valence-electron chi connectivity index (χ1n) is 17.7. The van der Waals surface area contributed by atoms with Gasteiger partial charge in [-0.2, -0.15) is 0 Å². The van der Waals surface area contributed by atoms with Gasteiger partial charge in [-0.15, -0.1) is 0 Å². The van der Waals surface area contributed by atoms with Crippen molar-refractivity contribution in [3.8, 4) is 0 Å². The van der Waals surface area contributed by atoms with Crippen molar-refractivity contribution in [3.05, 3.63) is 36.5 Å². The van der Waals surface area contributed by atoms with Gasteiger partial charge in [0.2, 0.25) is 5.91 Å². The highest BCUT2D eigenvalue weighted by atomic mass is 16.7. The molecule has 0 radical (unpaired) electrons. The Morgan fingerprint density at radius 1 is 0.733 bits per heavy atom. The molecule has 1 heterocycles. The van der Waals surface area contributed by atoms with E-state index in [0.717, 1.165) is 57.8 Å². The highest BCUT2D eigenvalue weighted by molar-refractivity contribution is 5.76.